The number of primary sulfonamides is 1. The number of ketones is 1. The Bertz CT molecular complexity index is 1290. The van der Waals surface area contributed by atoms with Gasteiger partial charge in [0.1, 0.15) is 28.8 Å². The van der Waals surface area contributed by atoms with Gasteiger partial charge in [-0.25, -0.2) is 13.6 Å². The van der Waals surface area contributed by atoms with Crippen LogP contribution in [0.4, 0.5) is 0 Å². The van der Waals surface area contributed by atoms with Gasteiger partial charge in [0.05, 0.1) is 19.8 Å². The van der Waals surface area contributed by atoms with E-state index in [0.29, 0.717) is 46.6 Å². The summed E-state index contributed by atoms with van der Waals surface area (Å²) in [6, 6.07) is 16.0. The van der Waals surface area contributed by atoms with Crippen molar-refractivity contribution < 1.29 is 27.4 Å². The van der Waals surface area contributed by atoms with E-state index in [1.807, 2.05) is 18.2 Å². The first-order valence-corrected chi connectivity index (χ1v) is 11.5. The van der Waals surface area contributed by atoms with Crippen LogP contribution < -0.4 is 19.3 Å². The maximum absolute atomic E-state index is 12.7. The monoisotopic (exact) mass is 453 g/mol. The van der Waals surface area contributed by atoms with Gasteiger partial charge in [-0.2, -0.15) is 0 Å². The largest absolute Gasteiger partial charge is 0.496 e. The van der Waals surface area contributed by atoms with Crippen molar-refractivity contribution in [2.75, 3.05) is 14.2 Å². The van der Waals surface area contributed by atoms with Crippen LogP contribution in [-0.4, -0.2) is 28.4 Å². The molecule has 1 aliphatic carbocycles. The Balaban J connectivity index is 1.94. The Morgan fingerprint density at radius 3 is 2.28 bits per heavy atom. The average molecular weight is 454 g/mol. The third-order valence-corrected chi connectivity index (χ3v) is 6.48. The summed E-state index contributed by atoms with van der Waals surface area (Å²) >= 11 is 0. The maximum Gasteiger partial charge on any atom is 0.242 e. The van der Waals surface area contributed by atoms with Crippen molar-refractivity contribution in [3.8, 4) is 28.4 Å². The van der Waals surface area contributed by atoms with Crippen molar-refractivity contribution in [1.29, 1.82) is 0 Å². The zero-order valence-electron chi connectivity index (χ0n) is 17.8. The summed E-state index contributed by atoms with van der Waals surface area (Å²) in [4.78, 5) is 12.1. The lowest BCUT2D eigenvalue weighted by Gasteiger charge is -2.21. The Hall–Kier alpha value is -3.36. The maximum atomic E-state index is 12.7. The normalized spacial score (nSPS) is 13.0. The van der Waals surface area contributed by atoms with Crippen LogP contribution in [0.15, 0.2) is 59.5 Å². The Kier molecular flexibility index (Phi) is 5.90. The van der Waals surface area contributed by atoms with Gasteiger partial charge in [0, 0.05) is 17.5 Å². The lowest BCUT2D eigenvalue weighted by atomic mass is 9.95. The Morgan fingerprint density at radius 2 is 1.62 bits per heavy atom. The van der Waals surface area contributed by atoms with Gasteiger partial charge >= 0.3 is 0 Å². The highest BCUT2D eigenvalue weighted by molar-refractivity contribution is 7.89. The number of benzene rings is 3. The molecule has 0 saturated carbocycles. The van der Waals surface area contributed by atoms with Crippen molar-refractivity contribution in [1.82, 2.24) is 0 Å². The first-order valence-electron chi connectivity index (χ1n) is 9.99. The van der Waals surface area contributed by atoms with E-state index in [2.05, 4.69) is 0 Å². The van der Waals surface area contributed by atoms with Crippen molar-refractivity contribution in [2.45, 2.75) is 24.3 Å². The third-order valence-electron chi connectivity index (χ3n) is 5.50. The van der Waals surface area contributed by atoms with Crippen molar-refractivity contribution >= 4 is 15.8 Å². The number of carbonyl (C=O) groups excluding carboxylic acids is 1. The molecule has 0 aromatic heterocycles. The number of para-hydroxylation sites is 1. The smallest absolute Gasteiger partial charge is 0.242 e. The predicted octanol–water partition coefficient (Wildman–Crippen LogP) is 3.73. The van der Waals surface area contributed by atoms with Crippen LogP contribution in [0.1, 0.15) is 27.9 Å². The predicted molar refractivity (Wildman–Crippen MR) is 120 cm³/mol. The molecule has 0 radical (unpaired) electrons. The number of fused-ring (bicyclic) bond motifs is 1. The SMILES string of the molecule is COc1cc(-c2cccc3c2CCC3=O)c(S(N)(=O)=O)c(OC)c1COc1ccccc1. The summed E-state index contributed by atoms with van der Waals surface area (Å²) in [5.41, 5.74) is 2.74. The highest BCUT2D eigenvalue weighted by atomic mass is 32.2. The molecule has 4 rings (SSSR count). The highest BCUT2D eigenvalue weighted by Crippen LogP contribution is 2.44. The van der Waals surface area contributed by atoms with Gasteiger partial charge in [0.2, 0.25) is 10.0 Å². The molecule has 166 valence electrons. The molecule has 0 fully saturated rings. The number of hydrogen-bond acceptors (Lipinski definition) is 6. The topological polar surface area (TPSA) is 105 Å². The second kappa shape index (κ2) is 8.64. The Morgan fingerprint density at radius 1 is 0.906 bits per heavy atom. The molecule has 2 N–H and O–H groups in total. The quantitative estimate of drug-likeness (QED) is 0.585. The molecule has 7 nitrogen and oxygen atoms in total. The van der Waals surface area contributed by atoms with Crippen molar-refractivity contribution in [2.24, 2.45) is 5.14 Å². The molecule has 3 aromatic carbocycles. The fourth-order valence-corrected chi connectivity index (χ4v) is 5.03. The van der Waals surface area contributed by atoms with Crippen LogP contribution in [0, 0.1) is 0 Å². The third kappa shape index (κ3) is 3.94. The molecular formula is C24H23NO6S. The zero-order chi connectivity index (χ0) is 22.9. The summed E-state index contributed by atoms with van der Waals surface area (Å²) in [6.45, 7) is 0.00451. The highest BCUT2D eigenvalue weighted by Gasteiger charge is 2.31. The summed E-state index contributed by atoms with van der Waals surface area (Å²) in [5, 5.41) is 5.66. The lowest BCUT2D eigenvalue weighted by Crippen LogP contribution is -2.17. The van der Waals surface area contributed by atoms with E-state index in [0.717, 1.165) is 5.56 Å². The molecule has 0 amide bonds. The number of rotatable bonds is 7. The van der Waals surface area contributed by atoms with E-state index in [-0.39, 0.29) is 23.0 Å². The number of hydrogen-bond donors (Lipinski definition) is 1. The molecule has 0 spiro atoms. The van der Waals surface area contributed by atoms with Crippen LogP contribution >= 0.6 is 0 Å². The minimum atomic E-state index is -4.21. The molecule has 0 saturated heterocycles. The second-order valence-corrected chi connectivity index (χ2v) is 8.87. The molecule has 0 unspecified atom stereocenters. The first kappa shape index (κ1) is 21.9. The van der Waals surface area contributed by atoms with Gasteiger partial charge in [-0.15, -0.1) is 0 Å². The van der Waals surface area contributed by atoms with Gasteiger partial charge in [0.25, 0.3) is 0 Å². The molecule has 0 atom stereocenters. The number of carbonyl (C=O) groups is 1. The van der Waals surface area contributed by atoms with Crippen LogP contribution in [0.5, 0.6) is 17.2 Å². The number of ether oxygens (including phenoxy) is 3. The second-order valence-electron chi connectivity index (χ2n) is 7.37. The molecule has 0 heterocycles. The van der Waals surface area contributed by atoms with E-state index >= 15 is 0 Å². The zero-order valence-corrected chi connectivity index (χ0v) is 18.6. The molecule has 8 heteroatoms. The van der Waals surface area contributed by atoms with Crippen LogP contribution in [-0.2, 0) is 23.1 Å². The van der Waals surface area contributed by atoms with Gasteiger partial charge in [-0.1, -0.05) is 36.4 Å². The minimum absolute atomic E-state index is 0.00451. The van der Waals surface area contributed by atoms with Crippen molar-refractivity contribution in [3.63, 3.8) is 0 Å². The lowest BCUT2D eigenvalue weighted by molar-refractivity contribution is 0.0994. The molecule has 0 bridgehead atoms. The van der Waals surface area contributed by atoms with E-state index in [1.54, 1.807) is 36.4 Å². The summed E-state index contributed by atoms with van der Waals surface area (Å²) in [7, 11) is -1.35. The fraction of sp³-hybridized carbons (Fsp3) is 0.208. The number of sulfonamides is 1. The van der Waals surface area contributed by atoms with E-state index in [9.17, 15) is 13.2 Å². The van der Waals surface area contributed by atoms with Crippen molar-refractivity contribution in [3.05, 3.63) is 71.3 Å². The standard InChI is InChI=1S/C24H23NO6S/c1-29-22-13-19(16-9-6-10-18-17(16)11-12-21(18)26)24(32(25,27)28)23(30-2)20(22)14-31-15-7-4-3-5-8-15/h3-10,13H,11-12,14H2,1-2H3,(H2,25,27,28). The summed E-state index contributed by atoms with van der Waals surface area (Å²) in [5.74, 6) is 1.09. The van der Waals surface area contributed by atoms with Gasteiger partial charge in [-0.3, -0.25) is 4.79 Å². The first-order chi connectivity index (χ1) is 15.3. The number of methoxy groups -OCH3 is 2. The Labute approximate surface area is 186 Å². The van der Waals surface area contributed by atoms with Gasteiger partial charge < -0.3 is 14.2 Å². The number of Topliss-reactive ketones (excluding diaryl/α,β-unsaturated/α-hetero) is 1. The van der Waals surface area contributed by atoms with Gasteiger partial charge in [-0.05, 0) is 35.7 Å². The molecule has 3 aromatic rings. The fourth-order valence-electron chi connectivity index (χ4n) is 4.09. The van der Waals surface area contributed by atoms with E-state index in [1.165, 1.54) is 14.2 Å². The average Bonchev–Trinajstić information content (AvgIpc) is 3.17. The van der Waals surface area contributed by atoms with E-state index < -0.39 is 10.0 Å². The molecular weight excluding hydrogens is 430 g/mol. The summed E-state index contributed by atoms with van der Waals surface area (Å²) in [6.07, 6.45) is 0.909. The molecule has 1 aliphatic rings. The minimum Gasteiger partial charge on any atom is -0.496 e. The van der Waals surface area contributed by atoms with Crippen LogP contribution in [0.25, 0.3) is 11.1 Å². The summed E-state index contributed by atoms with van der Waals surface area (Å²) < 4.78 is 42.5. The van der Waals surface area contributed by atoms with Crippen LogP contribution in [0.3, 0.4) is 0 Å². The molecule has 32 heavy (non-hydrogen) atoms. The van der Waals surface area contributed by atoms with E-state index in [4.69, 9.17) is 19.3 Å². The number of nitrogens with two attached hydrogens (primary N) is 1. The van der Waals surface area contributed by atoms with Gasteiger partial charge in [0.15, 0.2) is 5.78 Å². The van der Waals surface area contributed by atoms with Crippen LogP contribution in [0.2, 0.25) is 0 Å². The molecule has 0 aliphatic heterocycles.